The molecule has 3 fully saturated rings. The van der Waals surface area contributed by atoms with E-state index in [1.54, 1.807) is 6.07 Å². The summed E-state index contributed by atoms with van der Waals surface area (Å²) in [5, 5.41) is 11.1. The Morgan fingerprint density at radius 3 is 2.58 bits per heavy atom. The molecule has 0 saturated carbocycles. The highest BCUT2D eigenvalue weighted by Gasteiger charge is 2.28. The number of rotatable bonds is 6. The van der Waals surface area contributed by atoms with Gasteiger partial charge in [0, 0.05) is 60.2 Å². The molecule has 2 N–H and O–H groups in total. The van der Waals surface area contributed by atoms with Crippen molar-refractivity contribution in [3.05, 3.63) is 48.0 Å². The van der Waals surface area contributed by atoms with E-state index in [2.05, 4.69) is 28.4 Å². The highest BCUT2D eigenvalue weighted by atomic mass is 32.2. The molecule has 3 aliphatic heterocycles. The maximum absolute atomic E-state index is 13.0. The van der Waals surface area contributed by atoms with Gasteiger partial charge in [0.2, 0.25) is 0 Å². The smallest absolute Gasteiger partial charge is 0.407 e. The van der Waals surface area contributed by atoms with Crippen molar-refractivity contribution < 1.29 is 23.2 Å². The molecule has 4 aromatic rings. The summed E-state index contributed by atoms with van der Waals surface area (Å²) in [6.45, 7) is 9.14. The summed E-state index contributed by atoms with van der Waals surface area (Å²) in [5.41, 5.74) is 3.11. The van der Waals surface area contributed by atoms with E-state index in [4.69, 9.17) is 29.1 Å². The number of nitrogens with zero attached hydrogens (tertiary/aromatic N) is 4. The van der Waals surface area contributed by atoms with E-state index in [1.807, 2.05) is 43.7 Å². The molecule has 268 valence electrons. The zero-order chi connectivity index (χ0) is 35.0. The Labute approximate surface area is 295 Å². The van der Waals surface area contributed by atoms with E-state index in [9.17, 15) is 9.00 Å². The highest BCUT2D eigenvalue weighted by molar-refractivity contribution is 7.91. The van der Waals surface area contributed by atoms with Gasteiger partial charge in [-0.15, -0.1) is 0 Å². The molecule has 3 aliphatic rings. The van der Waals surface area contributed by atoms with Crippen LogP contribution >= 0.6 is 0 Å². The molecule has 12 heteroatoms. The van der Waals surface area contributed by atoms with Crippen LogP contribution in [0.2, 0.25) is 0 Å². The number of alkyl carbamates (subject to hydrolysis) is 1. The zero-order valence-corrected chi connectivity index (χ0v) is 30.5. The van der Waals surface area contributed by atoms with Gasteiger partial charge in [0.25, 0.3) is 0 Å². The monoisotopic (exact) mass is 702 g/mol. The Hall–Kier alpha value is -3.74. The first kappa shape index (κ1) is 34.7. The molecule has 2 aromatic heterocycles. The number of anilines is 1. The minimum atomic E-state index is -2.96. The Morgan fingerprint density at radius 1 is 1.00 bits per heavy atom. The topological polar surface area (TPSA) is 132 Å². The molecule has 0 bridgehead atoms. The first-order valence-corrected chi connectivity index (χ1v) is 20.0. The van der Waals surface area contributed by atoms with Gasteiger partial charge in [0.1, 0.15) is 17.1 Å². The maximum atomic E-state index is 13.0. The van der Waals surface area contributed by atoms with Gasteiger partial charge in [-0.2, -0.15) is 5.10 Å². The second-order valence-corrected chi connectivity index (χ2v) is 17.3. The number of pyridine rings is 1. The number of aromatic nitrogens is 3. The molecule has 3 saturated heterocycles. The molecule has 50 heavy (non-hydrogen) atoms. The number of amides is 1. The first-order valence-electron chi connectivity index (χ1n) is 18.1. The number of benzene rings is 2. The lowest BCUT2D eigenvalue weighted by Crippen LogP contribution is -2.45. The van der Waals surface area contributed by atoms with E-state index in [0.29, 0.717) is 36.3 Å². The fourth-order valence-electron chi connectivity index (χ4n) is 7.49. The molecular formula is C38H50N6O5S. The van der Waals surface area contributed by atoms with Gasteiger partial charge in [-0.1, -0.05) is 6.07 Å². The van der Waals surface area contributed by atoms with Crippen molar-refractivity contribution >= 4 is 43.3 Å². The van der Waals surface area contributed by atoms with Gasteiger partial charge >= 0.3 is 6.09 Å². The molecule has 0 spiro atoms. The number of hydrogen-bond acceptors (Lipinski definition) is 9. The third-order valence-corrected chi connectivity index (χ3v) is 11.1. The predicted octanol–water partition coefficient (Wildman–Crippen LogP) is 7.76. The van der Waals surface area contributed by atoms with Gasteiger partial charge in [0.15, 0.2) is 6.23 Å². The van der Waals surface area contributed by atoms with Gasteiger partial charge in [-0.25, -0.2) is 23.4 Å². The predicted molar refractivity (Wildman–Crippen MR) is 196 cm³/mol. The van der Waals surface area contributed by atoms with Crippen molar-refractivity contribution in [3.63, 3.8) is 0 Å². The van der Waals surface area contributed by atoms with Gasteiger partial charge in [0.05, 0.1) is 27.5 Å². The third kappa shape index (κ3) is 7.62. The normalized spacial score (nSPS) is 23.4. The second-order valence-electron chi connectivity index (χ2n) is 15.1. The Kier molecular flexibility index (Phi) is 9.79. The van der Waals surface area contributed by atoms with Crippen molar-refractivity contribution in [3.8, 4) is 11.4 Å². The summed E-state index contributed by atoms with van der Waals surface area (Å²) in [6.07, 6.45) is 8.74. The fourth-order valence-corrected chi connectivity index (χ4v) is 8.17. The number of carbonyl (C=O) groups is 1. The van der Waals surface area contributed by atoms with Crippen molar-refractivity contribution in [1.29, 1.82) is 4.78 Å². The average molecular weight is 703 g/mol. The summed E-state index contributed by atoms with van der Waals surface area (Å²) >= 11 is 0. The first-order chi connectivity index (χ1) is 23.9. The summed E-state index contributed by atoms with van der Waals surface area (Å²) in [4.78, 5) is 20.9. The molecule has 5 heterocycles. The van der Waals surface area contributed by atoms with Crippen LogP contribution < -0.4 is 10.2 Å². The van der Waals surface area contributed by atoms with E-state index in [-0.39, 0.29) is 12.3 Å². The van der Waals surface area contributed by atoms with Crippen LogP contribution in [0.1, 0.15) is 89.8 Å². The zero-order valence-electron chi connectivity index (χ0n) is 29.7. The molecule has 7 rings (SSSR count). The molecule has 1 amide bonds. The van der Waals surface area contributed by atoms with Crippen LogP contribution in [0.15, 0.2) is 47.4 Å². The van der Waals surface area contributed by atoms with Gasteiger partial charge < -0.3 is 24.4 Å². The van der Waals surface area contributed by atoms with Gasteiger partial charge in [-0.05, 0) is 119 Å². The number of carbonyl (C=O) groups excluding carboxylic acids is 1. The maximum Gasteiger partial charge on any atom is 0.407 e. The number of nitrogens with one attached hydrogen (secondary N) is 2. The van der Waals surface area contributed by atoms with Crippen LogP contribution in [0.4, 0.5) is 10.6 Å². The van der Waals surface area contributed by atoms with E-state index >= 15 is 0 Å². The lowest BCUT2D eigenvalue weighted by atomic mass is 9.92. The minimum Gasteiger partial charge on any atom is -0.444 e. The van der Waals surface area contributed by atoms with Crippen LogP contribution in [0.25, 0.3) is 33.1 Å². The Balaban J connectivity index is 1.36. The Bertz CT molecular complexity index is 1970. The van der Waals surface area contributed by atoms with Crippen molar-refractivity contribution in [2.75, 3.05) is 44.1 Å². The van der Waals surface area contributed by atoms with E-state index in [0.717, 1.165) is 97.7 Å². The highest BCUT2D eigenvalue weighted by Crippen LogP contribution is 2.38. The summed E-state index contributed by atoms with van der Waals surface area (Å²) in [5.74, 6) is 1.10. The molecule has 11 nitrogen and oxygen atoms in total. The number of hydrogen-bond donors (Lipinski definition) is 2. The summed E-state index contributed by atoms with van der Waals surface area (Å²) < 4.78 is 41.1. The largest absolute Gasteiger partial charge is 0.444 e. The van der Waals surface area contributed by atoms with Crippen LogP contribution in [0, 0.1) is 4.78 Å². The number of ether oxygens (including phenoxy) is 3. The Morgan fingerprint density at radius 2 is 1.84 bits per heavy atom. The van der Waals surface area contributed by atoms with Crippen molar-refractivity contribution in [2.45, 2.75) is 101 Å². The molecule has 2 aromatic carbocycles. The lowest BCUT2D eigenvalue weighted by molar-refractivity contribution is -0.0365. The number of fused-ring (bicyclic) bond motifs is 2. The third-order valence-electron chi connectivity index (χ3n) is 9.96. The summed E-state index contributed by atoms with van der Waals surface area (Å²) in [7, 11) is -2.96. The lowest BCUT2D eigenvalue weighted by Gasteiger charge is -2.28. The SMILES string of the molecule is CC(C)(C)OC(=O)N[C@H]1CCCCN(c2nc(-c3nn(C4CCCCO4)c4ccc(C5CCCOC5)cc34)cc3cc(S(C)(=N)=O)ccc23)C1. The molecule has 4 atom stereocenters. The molecule has 3 unspecified atom stereocenters. The van der Waals surface area contributed by atoms with Crippen molar-refractivity contribution in [1.82, 2.24) is 20.1 Å². The van der Waals surface area contributed by atoms with Crippen LogP contribution in [-0.4, -0.2) is 75.9 Å². The standard InChI is InChI=1S/C38H50N6O5S/c1-38(2,3)49-37(45)40-28-11-5-7-17-43(23-28)36-30-15-14-29(50(4,39)46)20-27(30)22-32(41-36)35-31-21-25(26-10-9-18-47-24-26)13-16-33(31)44(42-35)34-12-6-8-19-48-34/h13-16,20-22,26,28,34,39H,5-12,17-19,23-24H2,1-4H3,(H,40,45)/t26?,28-,34?,50?/m0/s1. The molecule has 0 radical (unpaired) electrons. The quantitative estimate of drug-likeness (QED) is 0.208. The second kappa shape index (κ2) is 14.1. The summed E-state index contributed by atoms with van der Waals surface area (Å²) in [6, 6.07) is 14.1. The van der Waals surface area contributed by atoms with E-state index in [1.165, 1.54) is 11.8 Å². The van der Waals surface area contributed by atoms with Crippen LogP contribution in [-0.2, 0) is 23.9 Å². The molecular weight excluding hydrogens is 653 g/mol. The van der Waals surface area contributed by atoms with Gasteiger partial charge in [-0.3, -0.25) is 0 Å². The van der Waals surface area contributed by atoms with Crippen molar-refractivity contribution in [2.24, 2.45) is 0 Å². The minimum absolute atomic E-state index is 0.126. The van der Waals surface area contributed by atoms with Crippen LogP contribution in [0.5, 0.6) is 0 Å². The van der Waals surface area contributed by atoms with E-state index < -0.39 is 21.4 Å². The fraction of sp³-hybridized carbons (Fsp3) is 0.553. The average Bonchev–Trinajstić information content (AvgIpc) is 3.31. The molecule has 0 aliphatic carbocycles. The van der Waals surface area contributed by atoms with Crippen LogP contribution in [0.3, 0.4) is 0 Å².